The largest absolute Gasteiger partial charge is 0.353 e. The number of nitrogens with one attached hydrogen (secondary N) is 1. The van der Waals surface area contributed by atoms with E-state index >= 15 is 0 Å². The summed E-state index contributed by atoms with van der Waals surface area (Å²) in [5.41, 5.74) is 0. The summed E-state index contributed by atoms with van der Waals surface area (Å²) >= 11 is 0. The summed E-state index contributed by atoms with van der Waals surface area (Å²) in [6.45, 7) is 2.89. The number of amides is 2. The van der Waals surface area contributed by atoms with Gasteiger partial charge in [0.15, 0.2) is 0 Å². The van der Waals surface area contributed by atoms with E-state index in [1.807, 2.05) is 0 Å². The zero-order valence-electron chi connectivity index (χ0n) is 8.96. The van der Waals surface area contributed by atoms with Crippen molar-refractivity contribution in [2.75, 3.05) is 13.1 Å². The average molecular weight is 223 g/mol. The Morgan fingerprint density at radius 1 is 1.69 bits per heavy atom. The molecule has 16 heavy (non-hydrogen) atoms. The molecule has 1 aromatic rings. The maximum absolute atomic E-state index is 11.9. The van der Waals surface area contributed by atoms with Crippen LogP contribution >= 0.6 is 0 Å². The molecule has 1 saturated heterocycles. The molecule has 0 radical (unpaired) electrons. The van der Waals surface area contributed by atoms with Gasteiger partial charge in [-0.3, -0.25) is 9.59 Å². The van der Waals surface area contributed by atoms with Crippen LogP contribution < -0.4 is 5.32 Å². The molecule has 1 unspecified atom stereocenters. The lowest BCUT2D eigenvalue weighted by Gasteiger charge is -2.32. The van der Waals surface area contributed by atoms with E-state index in [0.29, 0.717) is 13.1 Å². The average Bonchev–Trinajstić information content (AvgIpc) is 2.74. The Balaban J connectivity index is 2.01. The Labute approximate surface area is 92.4 Å². The molecule has 0 saturated carbocycles. The van der Waals surface area contributed by atoms with Gasteiger partial charge in [-0.2, -0.15) is 5.10 Å². The maximum atomic E-state index is 11.9. The zero-order chi connectivity index (χ0) is 11.5. The van der Waals surface area contributed by atoms with Crippen LogP contribution in [-0.4, -0.2) is 50.6 Å². The summed E-state index contributed by atoms with van der Waals surface area (Å²) < 4.78 is 1.45. The Hall–Kier alpha value is -1.92. The summed E-state index contributed by atoms with van der Waals surface area (Å²) in [6.07, 6.45) is 2.85. The van der Waals surface area contributed by atoms with E-state index in [2.05, 4.69) is 15.4 Å². The molecule has 0 aliphatic carbocycles. The van der Waals surface area contributed by atoms with E-state index in [9.17, 15) is 9.59 Å². The Morgan fingerprint density at radius 3 is 3.19 bits per heavy atom. The molecule has 1 fully saturated rings. The van der Waals surface area contributed by atoms with Gasteiger partial charge in [-0.25, -0.2) is 9.67 Å². The smallest absolute Gasteiger partial charge is 0.245 e. The van der Waals surface area contributed by atoms with Gasteiger partial charge in [0.25, 0.3) is 0 Å². The number of rotatable bonds is 2. The van der Waals surface area contributed by atoms with Gasteiger partial charge in [-0.05, 0) is 6.92 Å². The van der Waals surface area contributed by atoms with E-state index in [1.165, 1.54) is 17.3 Å². The number of piperazine rings is 1. The molecular formula is C9H13N5O2. The molecule has 2 heterocycles. The predicted molar refractivity (Wildman–Crippen MR) is 54.2 cm³/mol. The maximum Gasteiger partial charge on any atom is 0.245 e. The Bertz CT molecular complexity index is 389. The molecule has 1 atom stereocenters. The van der Waals surface area contributed by atoms with Gasteiger partial charge >= 0.3 is 0 Å². The highest BCUT2D eigenvalue weighted by molar-refractivity contribution is 5.88. The van der Waals surface area contributed by atoms with Gasteiger partial charge in [0.2, 0.25) is 11.8 Å². The van der Waals surface area contributed by atoms with Crippen LogP contribution in [0.2, 0.25) is 0 Å². The van der Waals surface area contributed by atoms with E-state index in [1.54, 1.807) is 11.8 Å². The van der Waals surface area contributed by atoms with E-state index in [4.69, 9.17) is 0 Å². The van der Waals surface area contributed by atoms with Crippen LogP contribution in [0.5, 0.6) is 0 Å². The Kier molecular flexibility index (Phi) is 2.84. The number of aromatic nitrogens is 3. The lowest BCUT2D eigenvalue weighted by atomic mass is 10.2. The van der Waals surface area contributed by atoms with Crippen LogP contribution in [0, 0.1) is 0 Å². The number of carbonyl (C=O) groups excluding carboxylic acids is 2. The minimum absolute atomic E-state index is 0.113. The quantitative estimate of drug-likeness (QED) is 0.670. The molecule has 2 amide bonds. The number of nitrogens with zero attached hydrogens (tertiary/aromatic N) is 4. The SMILES string of the molecule is CC1C(=O)NCCN1C(=O)Cn1cncn1. The fourth-order valence-electron chi connectivity index (χ4n) is 1.67. The number of hydrogen-bond acceptors (Lipinski definition) is 4. The first-order valence-corrected chi connectivity index (χ1v) is 5.08. The molecule has 0 bridgehead atoms. The summed E-state index contributed by atoms with van der Waals surface area (Å²) in [7, 11) is 0. The molecule has 2 rings (SSSR count). The molecule has 0 spiro atoms. The van der Waals surface area contributed by atoms with Crippen LogP contribution in [0.25, 0.3) is 0 Å². The molecule has 1 aliphatic heterocycles. The lowest BCUT2D eigenvalue weighted by Crippen LogP contribution is -2.56. The van der Waals surface area contributed by atoms with Gasteiger partial charge in [0.1, 0.15) is 25.2 Å². The first-order chi connectivity index (χ1) is 7.68. The molecule has 1 aliphatic rings. The minimum atomic E-state index is -0.412. The van der Waals surface area contributed by atoms with Crippen molar-refractivity contribution >= 4 is 11.8 Å². The van der Waals surface area contributed by atoms with Gasteiger partial charge in [-0.1, -0.05) is 0 Å². The first-order valence-electron chi connectivity index (χ1n) is 5.08. The Morgan fingerprint density at radius 2 is 2.50 bits per heavy atom. The van der Waals surface area contributed by atoms with Crippen LogP contribution in [0.1, 0.15) is 6.92 Å². The molecule has 86 valence electrons. The summed E-state index contributed by atoms with van der Waals surface area (Å²) in [4.78, 5) is 28.6. The van der Waals surface area contributed by atoms with Crippen molar-refractivity contribution in [1.29, 1.82) is 0 Å². The third-order valence-electron chi connectivity index (χ3n) is 2.58. The second kappa shape index (κ2) is 4.30. The van der Waals surface area contributed by atoms with Gasteiger partial charge in [0.05, 0.1) is 0 Å². The third kappa shape index (κ3) is 2.02. The third-order valence-corrected chi connectivity index (χ3v) is 2.58. The summed E-state index contributed by atoms with van der Waals surface area (Å²) in [5.74, 6) is -0.231. The second-order valence-corrected chi connectivity index (χ2v) is 3.65. The second-order valence-electron chi connectivity index (χ2n) is 3.65. The van der Waals surface area contributed by atoms with Crippen molar-refractivity contribution in [1.82, 2.24) is 25.0 Å². The van der Waals surface area contributed by atoms with Crippen molar-refractivity contribution in [3.8, 4) is 0 Å². The summed E-state index contributed by atoms with van der Waals surface area (Å²) in [6, 6.07) is -0.412. The first kappa shape index (κ1) is 10.6. The van der Waals surface area contributed by atoms with Crippen molar-refractivity contribution in [3.05, 3.63) is 12.7 Å². The monoisotopic (exact) mass is 223 g/mol. The van der Waals surface area contributed by atoms with E-state index in [0.717, 1.165) is 0 Å². The normalized spacial score (nSPS) is 20.7. The topological polar surface area (TPSA) is 80.1 Å². The van der Waals surface area contributed by atoms with Gasteiger partial charge in [0, 0.05) is 13.1 Å². The zero-order valence-corrected chi connectivity index (χ0v) is 8.96. The molecule has 1 aromatic heterocycles. The highest BCUT2D eigenvalue weighted by Crippen LogP contribution is 2.05. The van der Waals surface area contributed by atoms with E-state index < -0.39 is 6.04 Å². The van der Waals surface area contributed by atoms with Gasteiger partial charge in [-0.15, -0.1) is 0 Å². The van der Waals surface area contributed by atoms with Crippen molar-refractivity contribution in [3.63, 3.8) is 0 Å². The summed E-state index contributed by atoms with van der Waals surface area (Å²) in [5, 5.41) is 6.56. The van der Waals surface area contributed by atoms with E-state index in [-0.39, 0.29) is 18.4 Å². The molecule has 1 N–H and O–H groups in total. The lowest BCUT2D eigenvalue weighted by molar-refractivity contribution is -0.143. The van der Waals surface area contributed by atoms with Crippen molar-refractivity contribution < 1.29 is 9.59 Å². The molecule has 7 heteroatoms. The molecular weight excluding hydrogens is 210 g/mol. The highest BCUT2D eigenvalue weighted by atomic mass is 16.2. The van der Waals surface area contributed by atoms with Gasteiger partial charge < -0.3 is 10.2 Å². The fraction of sp³-hybridized carbons (Fsp3) is 0.556. The highest BCUT2D eigenvalue weighted by Gasteiger charge is 2.29. The van der Waals surface area contributed by atoms with Crippen LogP contribution in [-0.2, 0) is 16.1 Å². The van der Waals surface area contributed by atoms with Crippen LogP contribution in [0.3, 0.4) is 0 Å². The number of hydrogen-bond donors (Lipinski definition) is 1. The number of carbonyl (C=O) groups is 2. The minimum Gasteiger partial charge on any atom is -0.353 e. The predicted octanol–water partition coefficient (Wildman–Crippen LogP) is -1.37. The molecule has 0 aromatic carbocycles. The van der Waals surface area contributed by atoms with Crippen LogP contribution in [0.15, 0.2) is 12.7 Å². The molecule has 7 nitrogen and oxygen atoms in total. The van der Waals surface area contributed by atoms with Crippen LogP contribution in [0.4, 0.5) is 0 Å². The van der Waals surface area contributed by atoms with Crippen molar-refractivity contribution in [2.24, 2.45) is 0 Å². The fourth-order valence-corrected chi connectivity index (χ4v) is 1.67. The standard InChI is InChI=1S/C9H13N5O2/c1-7-9(16)11-2-3-14(7)8(15)4-13-6-10-5-12-13/h5-7H,2-4H2,1H3,(H,11,16). The van der Waals surface area contributed by atoms with Crippen molar-refractivity contribution in [2.45, 2.75) is 19.5 Å².